The lowest BCUT2D eigenvalue weighted by Gasteiger charge is -2.13. The van der Waals surface area contributed by atoms with Crippen LogP contribution in [0.15, 0.2) is 45.5 Å². The van der Waals surface area contributed by atoms with E-state index in [4.69, 9.17) is 10.2 Å². The lowest BCUT2D eigenvalue weighted by Crippen LogP contribution is -2.13. The van der Waals surface area contributed by atoms with Crippen molar-refractivity contribution in [3.05, 3.63) is 58.0 Å². The van der Waals surface area contributed by atoms with E-state index in [1.807, 2.05) is 24.3 Å². The van der Waals surface area contributed by atoms with Crippen LogP contribution in [0.25, 0.3) is 0 Å². The molecular formula is C13H14BrNO. The summed E-state index contributed by atoms with van der Waals surface area (Å²) in [6, 6.07) is 11.8. The van der Waals surface area contributed by atoms with Crippen molar-refractivity contribution < 1.29 is 4.42 Å². The van der Waals surface area contributed by atoms with Gasteiger partial charge in [0.1, 0.15) is 5.76 Å². The average Bonchev–Trinajstić information content (AvgIpc) is 2.75. The van der Waals surface area contributed by atoms with Crippen molar-refractivity contribution in [3.63, 3.8) is 0 Å². The number of hydrogen-bond donors (Lipinski definition) is 1. The highest BCUT2D eigenvalue weighted by Gasteiger charge is 2.15. The highest BCUT2D eigenvalue weighted by molar-refractivity contribution is 9.10. The van der Waals surface area contributed by atoms with Gasteiger partial charge in [0.2, 0.25) is 0 Å². The molecule has 1 aromatic carbocycles. The lowest BCUT2D eigenvalue weighted by atomic mass is 9.98. The van der Waals surface area contributed by atoms with Gasteiger partial charge < -0.3 is 10.2 Å². The first-order valence-electron chi connectivity index (χ1n) is 5.31. The second kappa shape index (κ2) is 4.85. The summed E-state index contributed by atoms with van der Waals surface area (Å²) in [6.07, 6.45) is 0.978. The quantitative estimate of drug-likeness (QED) is 0.932. The van der Waals surface area contributed by atoms with E-state index in [-0.39, 0.29) is 6.04 Å². The maximum absolute atomic E-state index is 6.19. The Balaban J connectivity index is 2.36. The summed E-state index contributed by atoms with van der Waals surface area (Å²) < 4.78 is 6.21. The van der Waals surface area contributed by atoms with Gasteiger partial charge in [-0.2, -0.15) is 0 Å². The van der Waals surface area contributed by atoms with Crippen LogP contribution in [0, 0.1) is 0 Å². The van der Waals surface area contributed by atoms with Gasteiger partial charge in [-0.15, -0.1) is 0 Å². The van der Waals surface area contributed by atoms with E-state index >= 15 is 0 Å². The Labute approximate surface area is 104 Å². The van der Waals surface area contributed by atoms with Crippen molar-refractivity contribution in [3.8, 4) is 0 Å². The highest BCUT2D eigenvalue weighted by Crippen LogP contribution is 2.26. The number of hydrogen-bond acceptors (Lipinski definition) is 2. The van der Waals surface area contributed by atoms with Crippen LogP contribution in [0.3, 0.4) is 0 Å². The third-order valence-corrected chi connectivity index (χ3v) is 3.10. The van der Waals surface area contributed by atoms with Gasteiger partial charge >= 0.3 is 0 Å². The van der Waals surface area contributed by atoms with Crippen molar-refractivity contribution in [1.82, 2.24) is 0 Å². The molecule has 1 atom stereocenters. The number of nitrogens with two attached hydrogens (primary N) is 1. The first-order chi connectivity index (χ1) is 7.72. The van der Waals surface area contributed by atoms with Crippen molar-refractivity contribution >= 4 is 15.9 Å². The largest absolute Gasteiger partial charge is 0.452 e. The van der Waals surface area contributed by atoms with Crippen molar-refractivity contribution in [2.75, 3.05) is 0 Å². The van der Waals surface area contributed by atoms with Crippen LogP contribution in [0.5, 0.6) is 0 Å². The minimum atomic E-state index is -0.192. The van der Waals surface area contributed by atoms with Crippen LogP contribution >= 0.6 is 15.9 Å². The van der Waals surface area contributed by atoms with Gasteiger partial charge in [-0.3, -0.25) is 0 Å². The zero-order chi connectivity index (χ0) is 11.5. The van der Waals surface area contributed by atoms with Crippen LogP contribution in [0.4, 0.5) is 0 Å². The molecule has 0 bridgehead atoms. The monoisotopic (exact) mass is 279 g/mol. The molecule has 0 saturated carbocycles. The van der Waals surface area contributed by atoms with E-state index in [1.165, 1.54) is 5.56 Å². The highest BCUT2D eigenvalue weighted by atomic mass is 79.9. The standard InChI is InChI=1S/C13H14BrNO/c1-2-9-5-3-4-6-10(9)13(15)11-7-8-12(14)16-11/h3-8,13H,2,15H2,1H3. The van der Waals surface area contributed by atoms with Gasteiger partial charge in [-0.1, -0.05) is 31.2 Å². The van der Waals surface area contributed by atoms with Crippen LogP contribution < -0.4 is 5.73 Å². The molecule has 2 N–H and O–H groups in total. The van der Waals surface area contributed by atoms with Crippen LogP contribution in [-0.2, 0) is 6.42 Å². The molecule has 16 heavy (non-hydrogen) atoms. The van der Waals surface area contributed by atoms with E-state index in [2.05, 4.69) is 35.0 Å². The van der Waals surface area contributed by atoms with Crippen molar-refractivity contribution in [2.24, 2.45) is 5.73 Å². The molecule has 0 spiro atoms. The third-order valence-electron chi connectivity index (χ3n) is 2.67. The number of aryl methyl sites for hydroxylation is 1. The molecule has 2 aromatic rings. The third kappa shape index (κ3) is 2.20. The van der Waals surface area contributed by atoms with Gasteiger partial charge in [0.25, 0.3) is 0 Å². The molecule has 1 unspecified atom stereocenters. The number of furan rings is 1. The Kier molecular flexibility index (Phi) is 3.46. The van der Waals surface area contributed by atoms with Crippen molar-refractivity contribution in [2.45, 2.75) is 19.4 Å². The summed E-state index contributed by atoms with van der Waals surface area (Å²) in [6.45, 7) is 2.13. The predicted molar refractivity (Wildman–Crippen MR) is 68.3 cm³/mol. The first-order valence-corrected chi connectivity index (χ1v) is 6.10. The summed E-state index contributed by atoms with van der Waals surface area (Å²) in [5.74, 6) is 0.785. The Hall–Kier alpha value is -1.06. The van der Waals surface area contributed by atoms with Gasteiger partial charge in [0, 0.05) is 0 Å². The van der Waals surface area contributed by atoms with Gasteiger partial charge in [-0.25, -0.2) is 0 Å². The minimum absolute atomic E-state index is 0.192. The maximum Gasteiger partial charge on any atom is 0.169 e. The van der Waals surface area contributed by atoms with E-state index in [1.54, 1.807) is 0 Å². The molecule has 2 rings (SSSR count). The fourth-order valence-electron chi connectivity index (χ4n) is 1.81. The smallest absolute Gasteiger partial charge is 0.169 e. The lowest BCUT2D eigenvalue weighted by molar-refractivity contribution is 0.469. The average molecular weight is 280 g/mol. The van der Waals surface area contributed by atoms with E-state index < -0.39 is 0 Å². The molecule has 2 nitrogen and oxygen atoms in total. The molecule has 0 aliphatic carbocycles. The Morgan fingerprint density at radius 1 is 1.25 bits per heavy atom. The zero-order valence-electron chi connectivity index (χ0n) is 9.11. The normalized spacial score (nSPS) is 12.7. The van der Waals surface area contributed by atoms with E-state index in [0.717, 1.165) is 17.7 Å². The molecular weight excluding hydrogens is 266 g/mol. The summed E-state index contributed by atoms with van der Waals surface area (Å²) in [4.78, 5) is 0. The fourth-order valence-corrected chi connectivity index (χ4v) is 2.13. The fraction of sp³-hybridized carbons (Fsp3) is 0.231. The topological polar surface area (TPSA) is 39.2 Å². The van der Waals surface area contributed by atoms with Gasteiger partial charge in [0.05, 0.1) is 6.04 Å². The molecule has 0 fully saturated rings. The van der Waals surface area contributed by atoms with Crippen molar-refractivity contribution in [1.29, 1.82) is 0 Å². The molecule has 0 aliphatic heterocycles. The summed E-state index contributed by atoms with van der Waals surface area (Å²) in [5, 5.41) is 0. The molecule has 0 saturated heterocycles. The first kappa shape index (κ1) is 11.4. The molecule has 1 aromatic heterocycles. The van der Waals surface area contributed by atoms with E-state index in [9.17, 15) is 0 Å². The predicted octanol–water partition coefficient (Wildman–Crippen LogP) is 3.65. The Morgan fingerprint density at radius 3 is 2.62 bits per heavy atom. The van der Waals surface area contributed by atoms with Crippen LogP contribution in [-0.4, -0.2) is 0 Å². The number of halogens is 1. The second-order valence-corrected chi connectivity index (χ2v) is 4.45. The SMILES string of the molecule is CCc1ccccc1C(N)c1ccc(Br)o1. The molecule has 0 amide bonds. The summed E-state index contributed by atoms with van der Waals surface area (Å²) in [7, 11) is 0. The molecule has 84 valence electrons. The minimum Gasteiger partial charge on any atom is -0.452 e. The Bertz CT molecular complexity index is 478. The summed E-state index contributed by atoms with van der Waals surface area (Å²) >= 11 is 3.29. The molecule has 0 aliphatic rings. The Morgan fingerprint density at radius 2 is 2.00 bits per heavy atom. The maximum atomic E-state index is 6.19. The van der Waals surface area contributed by atoms with E-state index in [0.29, 0.717) is 4.67 Å². The molecule has 0 radical (unpaired) electrons. The number of benzene rings is 1. The molecule has 1 heterocycles. The van der Waals surface area contributed by atoms with Gasteiger partial charge in [-0.05, 0) is 45.6 Å². The van der Waals surface area contributed by atoms with Crippen LogP contribution in [0.2, 0.25) is 0 Å². The van der Waals surface area contributed by atoms with Gasteiger partial charge in [0.15, 0.2) is 4.67 Å². The number of rotatable bonds is 3. The molecule has 3 heteroatoms. The zero-order valence-corrected chi connectivity index (χ0v) is 10.7. The summed E-state index contributed by atoms with van der Waals surface area (Å²) in [5.41, 5.74) is 8.59. The van der Waals surface area contributed by atoms with Crippen LogP contribution in [0.1, 0.15) is 29.9 Å². The second-order valence-electron chi connectivity index (χ2n) is 3.67.